The fourth-order valence-electron chi connectivity index (χ4n) is 2.60. The quantitative estimate of drug-likeness (QED) is 0.929. The number of amides is 1. The van der Waals surface area contributed by atoms with Crippen molar-refractivity contribution >= 4 is 11.7 Å². The number of piperidine rings is 1. The molecule has 1 N–H and O–H groups in total. The van der Waals surface area contributed by atoms with Gasteiger partial charge in [0, 0.05) is 31.7 Å². The Hall–Kier alpha value is -1.79. The summed E-state index contributed by atoms with van der Waals surface area (Å²) in [6.45, 7) is 3.07. The SMILES string of the molecule is CCCC(=O)NC1CCCN(c2cc(C(F)(F)F)ccn2)C1. The van der Waals surface area contributed by atoms with Gasteiger partial charge in [0.25, 0.3) is 0 Å². The Bertz CT molecular complexity index is 519. The number of anilines is 1. The average molecular weight is 315 g/mol. The van der Waals surface area contributed by atoms with Gasteiger partial charge in [-0.3, -0.25) is 4.79 Å². The van der Waals surface area contributed by atoms with E-state index in [1.165, 1.54) is 6.20 Å². The van der Waals surface area contributed by atoms with Gasteiger partial charge in [0.2, 0.25) is 5.91 Å². The van der Waals surface area contributed by atoms with Crippen molar-refractivity contribution in [3.05, 3.63) is 23.9 Å². The van der Waals surface area contributed by atoms with E-state index in [0.29, 0.717) is 25.3 Å². The van der Waals surface area contributed by atoms with Crippen LogP contribution in [0.4, 0.5) is 19.0 Å². The first-order valence-corrected chi connectivity index (χ1v) is 7.47. The predicted molar refractivity (Wildman–Crippen MR) is 77.5 cm³/mol. The van der Waals surface area contributed by atoms with Crippen molar-refractivity contribution < 1.29 is 18.0 Å². The van der Waals surface area contributed by atoms with E-state index in [2.05, 4.69) is 10.3 Å². The summed E-state index contributed by atoms with van der Waals surface area (Å²) in [5.74, 6) is 0.301. The Morgan fingerprint density at radius 2 is 2.27 bits per heavy atom. The second-order valence-electron chi connectivity index (χ2n) is 5.50. The maximum absolute atomic E-state index is 12.8. The fourth-order valence-corrected chi connectivity index (χ4v) is 2.60. The van der Waals surface area contributed by atoms with Crippen LogP contribution in [0.3, 0.4) is 0 Å². The number of hydrogen-bond acceptors (Lipinski definition) is 3. The number of pyridine rings is 1. The molecule has 1 unspecified atom stereocenters. The monoisotopic (exact) mass is 315 g/mol. The Balaban J connectivity index is 2.04. The third kappa shape index (κ3) is 4.35. The minimum atomic E-state index is -4.37. The minimum Gasteiger partial charge on any atom is -0.355 e. The van der Waals surface area contributed by atoms with Crippen LogP contribution in [0.5, 0.6) is 0 Å². The van der Waals surface area contributed by atoms with Crippen molar-refractivity contribution in [3.8, 4) is 0 Å². The summed E-state index contributed by atoms with van der Waals surface area (Å²) in [6.07, 6.45) is -0.296. The molecule has 0 aromatic carbocycles. The maximum Gasteiger partial charge on any atom is 0.416 e. The first-order valence-electron chi connectivity index (χ1n) is 7.47. The molecule has 1 aromatic rings. The van der Waals surface area contributed by atoms with Gasteiger partial charge in [0.05, 0.1) is 5.56 Å². The maximum atomic E-state index is 12.8. The van der Waals surface area contributed by atoms with Gasteiger partial charge in [-0.05, 0) is 31.4 Å². The zero-order chi connectivity index (χ0) is 16.2. The number of carbonyl (C=O) groups excluding carboxylic acids is 1. The lowest BCUT2D eigenvalue weighted by Crippen LogP contribution is -2.48. The summed E-state index contributed by atoms with van der Waals surface area (Å²) in [6, 6.07) is 1.99. The van der Waals surface area contributed by atoms with E-state index in [4.69, 9.17) is 0 Å². The zero-order valence-electron chi connectivity index (χ0n) is 12.5. The van der Waals surface area contributed by atoms with Crippen LogP contribution in [0.1, 0.15) is 38.2 Å². The zero-order valence-corrected chi connectivity index (χ0v) is 12.5. The number of rotatable bonds is 4. The highest BCUT2D eigenvalue weighted by Gasteiger charge is 2.31. The molecule has 1 fully saturated rings. The van der Waals surface area contributed by atoms with Crippen LogP contribution in [0.2, 0.25) is 0 Å². The third-order valence-corrected chi connectivity index (χ3v) is 3.66. The summed E-state index contributed by atoms with van der Waals surface area (Å²) in [5, 5.41) is 2.93. The molecular weight excluding hydrogens is 295 g/mol. The van der Waals surface area contributed by atoms with Gasteiger partial charge in [-0.15, -0.1) is 0 Å². The Morgan fingerprint density at radius 1 is 1.50 bits per heavy atom. The molecule has 0 spiro atoms. The Kier molecular flexibility index (Phi) is 5.26. The van der Waals surface area contributed by atoms with Crippen LogP contribution in [0.25, 0.3) is 0 Å². The van der Waals surface area contributed by atoms with Crippen LogP contribution in [0, 0.1) is 0 Å². The molecule has 7 heteroatoms. The molecule has 122 valence electrons. The minimum absolute atomic E-state index is 0.00801. The highest BCUT2D eigenvalue weighted by molar-refractivity contribution is 5.76. The van der Waals surface area contributed by atoms with Crippen LogP contribution in [0.15, 0.2) is 18.3 Å². The lowest BCUT2D eigenvalue weighted by atomic mass is 10.1. The van der Waals surface area contributed by atoms with Crippen molar-refractivity contribution in [2.75, 3.05) is 18.0 Å². The molecule has 1 aromatic heterocycles. The van der Waals surface area contributed by atoms with Gasteiger partial charge in [0.1, 0.15) is 5.82 Å². The molecule has 0 radical (unpaired) electrons. The molecule has 1 aliphatic heterocycles. The van der Waals surface area contributed by atoms with Crippen molar-refractivity contribution in [1.82, 2.24) is 10.3 Å². The second kappa shape index (κ2) is 6.98. The topological polar surface area (TPSA) is 45.2 Å². The standard InChI is InChI=1S/C15H20F3N3O/c1-2-4-14(22)20-12-5-3-8-21(10-12)13-9-11(6-7-19-13)15(16,17)18/h6-7,9,12H,2-5,8,10H2,1H3,(H,20,22). The molecule has 2 heterocycles. The molecule has 1 atom stereocenters. The Morgan fingerprint density at radius 3 is 2.95 bits per heavy atom. The van der Waals surface area contributed by atoms with Crippen LogP contribution >= 0.6 is 0 Å². The second-order valence-corrected chi connectivity index (χ2v) is 5.50. The van der Waals surface area contributed by atoms with E-state index >= 15 is 0 Å². The van der Waals surface area contributed by atoms with E-state index in [1.54, 1.807) is 4.90 Å². The number of hydrogen-bond donors (Lipinski definition) is 1. The van der Waals surface area contributed by atoms with Gasteiger partial charge in [-0.1, -0.05) is 6.92 Å². The molecule has 0 saturated carbocycles. The van der Waals surface area contributed by atoms with Crippen molar-refractivity contribution in [2.45, 2.75) is 44.8 Å². The number of nitrogens with zero attached hydrogens (tertiary/aromatic N) is 2. The molecule has 0 bridgehead atoms. The van der Waals surface area contributed by atoms with E-state index in [1.807, 2.05) is 6.92 Å². The highest BCUT2D eigenvalue weighted by atomic mass is 19.4. The van der Waals surface area contributed by atoms with Crippen molar-refractivity contribution in [1.29, 1.82) is 0 Å². The number of nitrogens with one attached hydrogen (secondary N) is 1. The van der Waals surface area contributed by atoms with Gasteiger partial charge < -0.3 is 10.2 Å². The summed E-state index contributed by atoms with van der Waals surface area (Å²) < 4.78 is 38.3. The summed E-state index contributed by atoms with van der Waals surface area (Å²) in [4.78, 5) is 17.5. The molecule has 1 saturated heterocycles. The van der Waals surface area contributed by atoms with Gasteiger partial charge in [-0.25, -0.2) is 4.98 Å². The molecule has 22 heavy (non-hydrogen) atoms. The normalized spacial score (nSPS) is 19.1. The van der Waals surface area contributed by atoms with Gasteiger partial charge >= 0.3 is 6.18 Å². The first-order chi connectivity index (χ1) is 10.4. The predicted octanol–water partition coefficient (Wildman–Crippen LogP) is 2.99. The van der Waals surface area contributed by atoms with Crippen molar-refractivity contribution in [3.63, 3.8) is 0 Å². The van der Waals surface area contributed by atoms with Crippen LogP contribution in [-0.2, 0) is 11.0 Å². The number of aromatic nitrogens is 1. The number of halogens is 3. The molecule has 2 rings (SSSR count). The van der Waals surface area contributed by atoms with E-state index in [9.17, 15) is 18.0 Å². The molecule has 1 aliphatic rings. The molecule has 1 amide bonds. The lowest BCUT2D eigenvalue weighted by Gasteiger charge is -2.34. The summed E-state index contributed by atoms with van der Waals surface area (Å²) in [5.41, 5.74) is -0.699. The largest absolute Gasteiger partial charge is 0.416 e. The van der Waals surface area contributed by atoms with E-state index < -0.39 is 11.7 Å². The lowest BCUT2D eigenvalue weighted by molar-refractivity contribution is -0.137. The van der Waals surface area contributed by atoms with Gasteiger partial charge in [0.15, 0.2) is 0 Å². The smallest absolute Gasteiger partial charge is 0.355 e. The van der Waals surface area contributed by atoms with Crippen LogP contribution in [-0.4, -0.2) is 30.0 Å². The first kappa shape index (κ1) is 16.6. The molecule has 4 nitrogen and oxygen atoms in total. The summed E-state index contributed by atoms with van der Waals surface area (Å²) >= 11 is 0. The van der Waals surface area contributed by atoms with Crippen LogP contribution < -0.4 is 10.2 Å². The third-order valence-electron chi connectivity index (χ3n) is 3.66. The number of alkyl halides is 3. The fraction of sp³-hybridized carbons (Fsp3) is 0.600. The van der Waals surface area contributed by atoms with E-state index in [-0.39, 0.29) is 11.9 Å². The summed E-state index contributed by atoms with van der Waals surface area (Å²) in [7, 11) is 0. The van der Waals surface area contributed by atoms with Gasteiger partial charge in [-0.2, -0.15) is 13.2 Å². The average Bonchev–Trinajstić information content (AvgIpc) is 2.47. The van der Waals surface area contributed by atoms with E-state index in [0.717, 1.165) is 31.4 Å². The number of carbonyl (C=O) groups is 1. The molecule has 0 aliphatic carbocycles. The Labute approximate surface area is 127 Å². The molecular formula is C15H20F3N3O. The highest BCUT2D eigenvalue weighted by Crippen LogP contribution is 2.31. The van der Waals surface area contributed by atoms with Crippen molar-refractivity contribution in [2.24, 2.45) is 0 Å².